The zero-order chi connectivity index (χ0) is 27.8. The van der Waals surface area contributed by atoms with E-state index in [4.69, 9.17) is 9.47 Å². The lowest BCUT2D eigenvalue weighted by molar-refractivity contribution is 0.0239. The number of methoxy groups -OCH3 is 1. The number of ether oxygens (including phenoxy) is 2. The van der Waals surface area contributed by atoms with Crippen LogP contribution in [0.2, 0.25) is 0 Å². The van der Waals surface area contributed by atoms with Gasteiger partial charge in [-0.2, -0.15) is 0 Å². The van der Waals surface area contributed by atoms with E-state index in [9.17, 15) is 0 Å². The van der Waals surface area contributed by atoms with E-state index in [0.717, 1.165) is 36.2 Å². The van der Waals surface area contributed by atoms with E-state index in [2.05, 4.69) is 95.7 Å². The van der Waals surface area contributed by atoms with Crippen molar-refractivity contribution in [2.75, 3.05) is 40.4 Å². The molecule has 3 aromatic rings. The fourth-order valence-electron chi connectivity index (χ4n) is 8.86. The number of hydrogen-bond donors (Lipinski definition) is 0. The molecular weight excluding hydrogens is 504 g/mol. The lowest BCUT2D eigenvalue weighted by Crippen LogP contribution is -2.50. The van der Waals surface area contributed by atoms with Crippen LogP contribution in [0.25, 0.3) is 0 Å². The van der Waals surface area contributed by atoms with Gasteiger partial charge in [-0.1, -0.05) is 72.8 Å². The SMILES string of the molecule is COc1cccc2c1CC1CC(CCN3CC4CC3CC4COC(c3ccccc3)c3ccccc3)CN(C)C1C2. The minimum Gasteiger partial charge on any atom is -0.496 e. The van der Waals surface area contributed by atoms with Crippen molar-refractivity contribution in [2.45, 2.75) is 56.7 Å². The highest BCUT2D eigenvalue weighted by Gasteiger charge is 2.45. The molecule has 2 saturated heterocycles. The minimum absolute atomic E-state index is 0.0199. The molecule has 0 N–H and O–H groups in total. The van der Waals surface area contributed by atoms with Gasteiger partial charge in [0.25, 0.3) is 0 Å². The van der Waals surface area contributed by atoms with Crippen molar-refractivity contribution >= 4 is 0 Å². The van der Waals surface area contributed by atoms with Crippen LogP contribution in [0.3, 0.4) is 0 Å². The lowest BCUT2D eigenvalue weighted by atomic mass is 9.72. The second-order valence-corrected chi connectivity index (χ2v) is 13.3. The van der Waals surface area contributed by atoms with Gasteiger partial charge >= 0.3 is 0 Å². The van der Waals surface area contributed by atoms with Gasteiger partial charge in [0.1, 0.15) is 11.9 Å². The summed E-state index contributed by atoms with van der Waals surface area (Å²) in [6, 6.07) is 29.5. The van der Waals surface area contributed by atoms with Crippen LogP contribution < -0.4 is 4.74 Å². The topological polar surface area (TPSA) is 24.9 Å². The minimum atomic E-state index is 0.0199. The third kappa shape index (κ3) is 5.59. The van der Waals surface area contributed by atoms with E-state index in [-0.39, 0.29) is 6.10 Å². The van der Waals surface area contributed by atoms with Crippen LogP contribution in [-0.4, -0.2) is 62.3 Å². The molecule has 41 heavy (non-hydrogen) atoms. The maximum absolute atomic E-state index is 6.71. The third-order valence-corrected chi connectivity index (χ3v) is 10.9. The number of benzene rings is 3. The molecule has 0 aromatic heterocycles. The molecule has 0 radical (unpaired) electrons. The first kappa shape index (κ1) is 27.2. The van der Waals surface area contributed by atoms with E-state index in [0.29, 0.717) is 12.0 Å². The molecule has 2 bridgehead atoms. The summed E-state index contributed by atoms with van der Waals surface area (Å²) >= 11 is 0. The fourth-order valence-corrected chi connectivity index (χ4v) is 8.86. The molecule has 2 heterocycles. The molecule has 0 amide bonds. The molecule has 4 aliphatic rings. The molecular formula is C37H46N2O2. The summed E-state index contributed by atoms with van der Waals surface area (Å²) in [4.78, 5) is 5.51. The van der Waals surface area contributed by atoms with Gasteiger partial charge in [0.2, 0.25) is 0 Å². The highest BCUT2D eigenvalue weighted by Crippen LogP contribution is 2.44. The molecule has 0 spiro atoms. The van der Waals surface area contributed by atoms with Crippen LogP contribution in [0.4, 0.5) is 0 Å². The van der Waals surface area contributed by atoms with Gasteiger partial charge in [0, 0.05) is 25.2 Å². The van der Waals surface area contributed by atoms with Crippen LogP contribution in [0.15, 0.2) is 78.9 Å². The first-order valence-electron chi connectivity index (χ1n) is 16.0. The highest BCUT2D eigenvalue weighted by molar-refractivity contribution is 5.43. The Morgan fingerprint density at radius 3 is 2.24 bits per heavy atom. The fraction of sp³-hybridized carbons (Fsp3) is 0.514. The molecule has 7 rings (SSSR count). The van der Waals surface area contributed by atoms with Gasteiger partial charge in [-0.3, -0.25) is 0 Å². The molecule has 6 unspecified atom stereocenters. The predicted molar refractivity (Wildman–Crippen MR) is 165 cm³/mol. The van der Waals surface area contributed by atoms with Gasteiger partial charge in [0.15, 0.2) is 0 Å². The van der Waals surface area contributed by atoms with Crippen LogP contribution in [0, 0.1) is 23.7 Å². The molecule has 4 nitrogen and oxygen atoms in total. The average molecular weight is 551 g/mol. The number of likely N-dealkylation sites (tertiary alicyclic amines) is 2. The maximum Gasteiger partial charge on any atom is 0.122 e. The van der Waals surface area contributed by atoms with E-state index in [1.807, 2.05) is 7.11 Å². The number of hydrogen-bond acceptors (Lipinski definition) is 4. The Labute approximate surface area is 246 Å². The Bertz CT molecular complexity index is 1260. The second kappa shape index (κ2) is 11.9. The molecule has 2 aliphatic carbocycles. The number of fused-ring (bicyclic) bond motifs is 4. The number of piperidine rings is 2. The predicted octanol–water partition coefficient (Wildman–Crippen LogP) is 6.64. The zero-order valence-electron chi connectivity index (χ0n) is 24.8. The van der Waals surface area contributed by atoms with Crippen molar-refractivity contribution in [1.82, 2.24) is 9.80 Å². The first-order chi connectivity index (χ1) is 20.2. The van der Waals surface area contributed by atoms with Crippen LogP contribution in [0.5, 0.6) is 5.75 Å². The molecule has 3 fully saturated rings. The molecule has 2 aliphatic heterocycles. The van der Waals surface area contributed by atoms with Crippen molar-refractivity contribution in [3.63, 3.8) is 0 Å². The number of nitrogens with zero attached hydrogens (tertiary/aromatic N) is 2. The molecule has 1 saturated carbocycles. The van der Waals surface area contributed by atoms with Crippen molar-refractivity contribution in [1.29, 1.82) is 0 Å². The molecule has 216 valence electrons. The highest BCUT2D eigenvalue weighted by atomic mass is 16.5. The normalized spacial score (nSPS) is 29.4. The van der Waals surface area contributed by atoms with E-state index in [1.165, 1.54) is 80.4 Å². The summed E-state index contributed by atoms with van der Waals surface area (Å²) in [5, 5.41) is 0. The Morgan fingerprint density at radius 1 is 0.805 bits per heavy atom. The number of rotatable bonds is 9. The monoisotopic (exact) mass is 550 g/mol. The molecule has 4 heteroatoms. The second-order valence-electron chi connectivity index (χ2n) is 13.3. The summed E-state index contributed by atoms with van der Waals surface area (Å²) in [7, 11) is 4.19. The average Bonchev–Trinajstić information content (AvgIpc) is 3.61. The maximum atomic E-state index is 6.71. The van der Waals surface area contributed by atoms with Crippen molar-refractivity contribution in [2.24, 2.45) is 23.7 Å². The molecule has 3 aromatic carbocycles. The third-order valence-electron chi connectivity index (χ3n) is 10.9. The lowest BCUT2D eigenvalue weighted by Gasteiger charge is -2.46. The summed E-state index contributed by atoms with van der Waals surface area (Å²) < 4.78 is 12.5. The summed E-state index contributed by atoms with van der Waals surface area (Å²) in [5.41, 5.74) is 5.48. The van der Waals surface area contributed by atoms with Gasteiger partial charge in [-0.05, 0) is 104 Å². The Morgan fingerprint density at radius 2 is 1.56 bits per heavy atom. The Balaban J connectivity index is 0.922. The van der Waals surface area contributed by atoms with Crippen molar-refractivity contribution in [3.05, 3.63) is 101 Å². The van der Waals surface area contributed by atoms with E-state index in [1.54, 1.807) is 0 Å². The summed E-state index contributed by atoms with van der Waals surface area (Å²) in [5.74, 6) is 4.11. The van der Waals surface area contributed by atoms with Crippen LogP contribution in [-0.2, 0) is 17.6 Å². The largest absolute Gasteiger partial charge is 0.496 e. The van der Waals surface area contributed by atoms with Gasteiger partial charge < -0.3 is 19.3 Å². The van der Waals surface area contributed by atoms with Crippen LogP contribution in [0.1, 0.15) is 54.0 Å². The summed E-state index contributed by atoms with van der Waals surface area (Å²) in [6.07, 6.45) is 7.73. The van der Waals surface area contributed by atoms with Crippen molar-refractivity contribution in [3.8, 4) is 5.75 Å². The van der Waals surface area contributed by atoms with E-state index >= 15 is 0 Å². The standard InChI is InChI=1S/C37H46N2O2/c1-38-23-26(18-30-21-34-29(22-35(30)38)14-9-15-36(34)40-2)16-17-39-24-31-19-33(39)20-32(31)25-41-37(27-10-5-3-6-11-27)28-12-7-4-8-13-28/h3-15,26,30-33,35,37H,16-25H2,1-2H3. The smallest absolute Gasteiger partial charge is 0.122 e. The number of likely N-dealkylation sites (N-methyl/N-ethyl adjacent to an activating group) is 1. The Hall–Kier alpha value is -2.66. The zero-order valence-corrected chi connectivity index (χ0v) is 24.8. The van der Waals surface area contributed by atoms with Crippen LogP contribution >= 0.6 is 0 Å². The van der Waals surface area contributed by atoms with Gasteiger partial charge in [0.05, 0.1) is 13.7 Å². The quantitative estimate of drug-likeness (QED) is 0.298. The Kier molecular flexibility index (Phi) is 7.90. The van der Waals surface area contributed by atoms with Gasteiger partial charge in [-0.15, -0.1) is 0 Å². The first-order valence-corrected chi connectivity index (χ1v) is 16.0. The van der Waals surface area contributed by atoms with Crippen molar-refractivity contribution < 1.29 is 9.47 Å². The summed E-state index contributed by atoms with van der Waals surface area (Å²) in [6.45, 7) is 4.64. The van der Waals surface area contributed by atoms with E-state index < -0.39 is 0 Å². The molecule has 6 atom stereocenters. The van der Waals surface area contributed by atoms with Gasteiger partial charge in [-0.25, -0.2) is 0 Å².